The minimum Gasteiger partial charge on any atom is -0.496 e. The Morgan fingerprint density at radius 1 is 1.19 bits per heavy atom. The van der Waals surface area contributed by atoms with E-state index in [1.54, 1.807) is 7.11 Å². The summed E-state index contributed by atoms with van der Waals surface area (Å²) in [7, 11) is 1.65. The van der Waals surface area contributed by atoms with Crippen LogP contribution in [0.5, 0.6) is 5.75 Å². The maximum Gasteiger partial charge on any atom is 0.151 e. The smallest absolute Gasteiger partial charge is 0.151 e. The first-order valence-electron chi connectivity index (χ1n) is 7.18. The molecule has 1 aromatic heterocycles. The lowest BCUT2D eigenvalue weighted by Gasteiger charge is -2.30. The fraction of sp³-hybridized carbons (Fsp3) is 0.375. The zero-order chi connectivity index (χ0) is 14.7. The van der Waals surface area contributed by atoms with Crippen LogP contribution in [-0.2, 0) is 0 Å². The summed E-state index contributed by atoms with van der Waals surface area (Å²) in [5, 5.41) is 18.3. The summed E-state index contributed by atoms with van der Waals surface area (Å²) in [4.78, 5) is 2.08. The lowest BCUT2D eigenvalue weighted by atomic mass is 10.1. The first-order chi connectivity index (χ1) is 10.3. The van der Waals surface area contributed by atoms with E-state index in [0.717, 1.165) is 42.2 Å². The third kappa shape index (κ3) is 2.97. The Morgan fingerprint density at radius 3 is 2.76 bits per heavy atom. The summed E-state index contributed by atoms with van der Waals surface area (Å²) >= 11 is 0. The number of para-hydroxylation sites is 1. The van der Waals surface area contributed by atoms with Crippen molar-refractivity contribution in [2.24, 2.45) is 0 Å². The second-order valence-corrected chi connectivity index (χ2v) is 5.22. The maximum atomic E-state index is 9.74. The largest absolute Gasteiger partial charge is 0.496 e. The number of nitrogens with zero attached hydrogens (tertiary/aromatic N) is 3. The van der Waals surface area contributed by atoms with Crippen LogP contribution in [0.15, 0.2) is 36.4 Å². The quantitative estimate of drug-likeness (QED) is 0.936. The predicted octanol–water partition coefficient (Wildman–Crippen LogP) is 2.11. The molecular weight excluding hydrogens is 266 g/mol. The predicted molar refractivity (Wildman–Crippen MR) is 81.5 cm³/mol. The number of aliphatic hydroxyl groups is 1. The van der Waals surface area contributed by atoms with Crippen LogP contribution >= 0.6 is 0 Å². The van der Waals surface area contributed by atoms with Gasteiger partial charge in [-0.25, -0.2) is 0 Å². The van der Waals surface area contributed by atoms with Gasteiger partial charge in [0.2, 0.25) is 0 Å². The SMILES string of the molecule is COc1ccccc1-c1ccc(N2CCCC(O)C2)nn1. The summed E-state index contributed by atoms with van der Waals surface area (Å²) in [6.07, 6.45) is 1.58. The van der Waals surface area contributed by atoms with Crippen LogP contribution in [0.3, 0.4) is 0 Å². The zero-order valence-corrected chi connectivity index (χ0v) is 12.1. The van der Waals surface area contributed by atoms with Crippen LogP contribution in [0.4, 0.5) is 5.82 Å². The summed E-state index contributed by atoms with van der Waals surface area (Å²) in [6.45, 7) is 1.54. The number of benzene rings is 1. The average molecular weight is 285 g/mol. The number of rotatable bonds is 3. The molecule has 1 atom stereocenters. The van der Waals surface area contributed by atoms with Crippen LogP contribution in [0.25, 0.3) is 11.3 Å². The fourth-order valence-corrected chi connectivity index (χ4v) is 2.66. The number of piperidine rings is 1. The van der Waals surface area contributed by atoms with E-state index in [9.17, 15) is 5.11 Å². The Bertz CT molecular complexity index is 601. The van der Waals surface area contributed by atoms with E-state index in [4.69, 9.17) is 4.74 Å². The number of β-amino-alcohol motifs (C(OH)–C–C–N with tert-alkyl or cyclic N) is 1. The first kappa shape index (κ1) is 13.8. The number of hydrogen-bond acceptors (Lipinski definition) is 5. The Hall–Kier alpha value is -2.14. The number of aromatic nitrogens is 2. The zero-order valence-electron chi connectivity index (χ0n) is 12.1. The highest BCUT2D eigenvalue weighted by Crippen LogP contribution is 2.28. The molecule has 21 heavy (non-hydrogen) atoms. The van der Waals surface area contributed by atoms with Crippen LogP contribution in [0, 0.1) is 0 Å². The van der Waals surface area contributed by atoms with Gasteiger partial charge in [0.15, 0.2) is 5.82 Å². The topological polar surface area (TPSA) is 58.5 Å². The lowest BCUT2D eigenvalue weighted by Crippen LogP contribution is -2.38. The average Bonchev–Trinajstić information content (AvgIpc) is 2.55. The molecule has 0 amide bonds. The highest BCUT2D eigenvalue weighted by atomic mass is 16.5. The standard InChI is InChI=1S/C16H19N3O2/c1-21-15-7-3-2-6-13(15)14-8-9-16(18-17-14)19-10-4-5-12(20)11-19/h2-3,6-9,12,20H,4-5,10-11H2,1H3. The summed E-state index contributed by atoms with van der Waals surface area (Å²) in [6, 6.07) is 11.7. The molecule has 5 nitrogen and oxygen atoms in total. The van der Waals surface area contributed by atoms with E-state index in [0.29, 0.717) is 6.54 Å². The number of methoxy groups -OCH3 is 1. The van der Waals surface area contributed by atoms with Crippen LogP contribution < -0.4 is 9.64 Å². The van der Waals surface area contributed by atoms with Crippen molar-refractivity contribution in [2.75, 3.05) is 25.1 Å². The van der Waals surface area contributed by atoms with Crippen molar-refractivity contribution < 1.29 is 9.84 Å². The molecule has 1 aromatic carbocycles. The van der Waals surface area contributed by atoms with E-state index in [1.165, 1.54) is 0 Å². The minimum atomic E-state index is -0.269. The lowest BCUT2D eigenvalue weighted by molar-refractivity contribution is 0.154. The van der Waals surface area contributed by atoms with Crippen molar-refractivity contribution >= 4 is 5.82 Å². The van der Waals surface area contributed by atoms with E-state index in [2.05, 4.69) is 15.1 Å². The molecule has 0 radical (unpaired) electrons. The molecule has 1 aliphatic heterocycles. The van der Waals surface area contributed by atoms with Gasteiger partial charge in [0.1, 0.15) is 5.75 Å². The molecule has 1 saturated heterocycles. The third-order valence-electron chi connectivity index (χ3n) is 3.75. The van der Waals surface area contributed by atoms with Gasteiger partial charge in [-0.05, 0) is 37.1 Å². The first-order valence-corrected chi connectivity index (χ1v) is 7.18. The molecule has 1 N–H and O–H groups in total. The molecule has 0 spiro atoms. The van der Waals surface area contributed by atoms with Gasteiger partial charge in [-0.15, -0.1) is 10.2 Å². The van der Waals surface area contributed by atoms with Gasteiger partial charge in [-0.1, -0.05) is 12.1 Å². The van der Waals surface area contributed by atoms with Crippen LogP contribution in [-0.4, -0.2) is 41.6 Å². The number of hydrogen-bond donors (Lipinski definition) is 1. The second-order valence-electron chi connectivity index (χ2n) is 5.22. The highest BCUT2D eigenvalue weighted by molar-refractivity contribution is 5.67. The minimum absolute atomic E-state index is 0.269. The normalized spacial score (nSPS) is 18.6. The van der Waals surface area contributed by atoms with Crippen molar-refractivity contribution in [3.63, 3.8) is 0 Å². The van der Waals surface area contributed by atoms with Crippen LogP contribution in [0.2, 0.25) is 0 Å². The highest BCUT2D eigenvalue weighted by Gasteiger charge is 2.19. The summed E-state index contributed by atoms with van der Waals surface area (Å²) < 4.78 is 5.35. The molecule has 3 rings (SSSR count). The third-order valence-corrected chi connectivity index (χ3v) is 3.75. The van der Waals surface area contributed by atoms with Crippen molar-refractivity contribution in [3.05, 3.63) is 36.4 Å². The van der Waals surface area contributed by atoms with E-state index >= 15 is 0 Å². The van der Waals surface area contributed by atoms with Crippen molar-refractivity contribution in [1.82, 2.24) is 10.2 Å². The molecule has 0 saturated carbocycles. The molecule has 110 valence electrons. The van der Waals surface area contributed by atoms with Gasteiger partial charge >= 0.3 is 0 Å². The van der Waals surface area contributed by atoms with E-state index < -0.39 is 0 Å². The number of aliphatic hydroxyl groups excluding tert-OH is 1. The van der Waals surface area contributed by atoms with Crippen LogP contribution in [0.1, 0.15) is 12.8 Å². The molecule has 5 heteroatoms. The van der Waals surface area contributed by atoms with Crippen molar-refractivity contribution in [3.8, 4) is 17.0 Å². The Balaban J connectivity index is 1.83. The number of anilines is 1. The molecule has 1 fully saturated rings. The molecule has 0 aliphatic carbocycles. The van der Waals surface area contributed by atoms with E-state index in [-0.39, 0.29) is 6.10 Å². The fourth-order valence-electron chi connectivity index (χ4n) is 2.66. The molecule has 2 aromatic rings. The second kappa shape index (κ2) is 6.10. The van der Waals surface area contributed by atoms with Gasteiger partial charge in [-0.3, -0.25) is 0 Å². The van der Waals surface area contributed by atoms with Crippen molar-refractivity contribution in [1.29, 1.82) is 0 Å². The molecule has 2 heterocycles. The van der Waals surface area contributed by atoms with Gasteiger partial charge in [0.05, 0.1) is 18.9 Å². The number of ether oxygens (including phenoxy) is 1. The summed E-state index contributed by atoms with van der Waals surface area (Å²) in [5.41, 5.74) is 1.71. The summed E-state index contributed by atoms with van der Waals surface area (Å²) in [5.74, 6) is 1.60. The maximum absolute atomic E-state index is 9.74. The van der Waals surface area contributed by atoms with Crippen molar-refractivity contribution in [2.45, 2.75) is 18.9 Å². The monoisotopic (exact) mass is 285 g/mol. The van der Waals surface area contributed by atoms with Gasteiger partial charge in [-0.2, -0.15) is 0 Å². The Morgan fingerprint density at radius 2 is 2.05 bits per heavy atom. The van der Waals surface area contributed by atoms with E-state index in [1.807, 2.05) is 36.4 Å². The Kier molecular flexibility index (Phi) is 4.01. The molecule has 0 bridgehead atoms. The molecular formula is C16H19N3O2. The molecule has 1 unspecified atom stereocenters. The van der Waals surface area contributed by atoms with Gasteiger partial charge in [0, 0.05) is 18.7 Å². The van der Waals surface area contributed by atoms with Gasteiger partial charge in [0.25, 0.3) is 0 Å². The van der Waals surface area contributed by atoms with Gasteiger partial charge < -0.3 is 14.7 Å². The Labute approximate surface area is 124 Å². The molecule has 1 aliphatic rings.